The van der Waals surface area contributed by atoms with E-state index in [1.807, 2.05) is 31.7 Å². The second-order valence-corrected chi connectivity index (χ2v) is 4.85. The monoisotopic (exact) mass is 266 g/mol. The summed E-state index contributed by atoms with van der Waals surface area (Å²) in [6, 6.07) is 3.69. The van der Waals surface area contributed by atoms with Crippen LogP contribution in [0.15, 0.2) is 12.1 Å². The fourth-order valence-electron chi connectivity index (χ4n) is 1.64. The van der Waals surface area contributed by atoms with E-state index < -0.39 is 5.91 Å². The fraction of sp³-hybridized carbons (Fsp3) is 0.417. The molecule has 5 nitrogen and oxygen atoms in total. The summed E-state index contributed by atoms with van der Waals surface area (Å²) in [6.45, 7) is 5.90. The number of hydrogen-bond donors (Lipinski definition) is 2. The summed E-state index contributed by atoms with van der Waals surface area (Å²) in [7, 11) is 0. The molecule has 6 heteroatoms. The molecule has 0 spiro atoms. The normalized spacial score (nSPS) is 10.4. The zero-order valence-corrected chi connectivity index (χ0v) is 11.6. The molecule has 4 N–H and O–H groups in total. The van der Waals surface area contributed by atoms with Crippen LogP contribution in [0.2, 0.25) is 0 Å². The van der Waals surface area contributed by atoms with Gasteiger partial charge in [-0.1, -0.05) is 12.2 Å². The van der Waals surface area contributed by atoms with E-state index in [2.05, 4.69) is 4.98 Å². The highest BCUT2D eigenvalue weighted by Crippen LogP contribution is 2.17. The van der Waals surface area contributed by atoms with Crippen molar-refractivity contribution < 1.29 is 4.79 Å². The maximum atomic E-state index is 11.1. The Bertz CT molecular complexity index is 473. The van der Waals surface area contributed by atoms with Crippen molar-refractivity contribution in [1.82, 2.24) is 4.98 Å². The number of carbonyl (C=O) groups is 1. The van der Waals surface area contributed by atoms with Crippen molar-refractivity contribution in [2.45, 2.75) is 26.8 Å². The molecule has 1 aromatic rings. The van der Waals surface area contributed by atoms with E-state index in [-0.39, 0.29) is 12.6 Å². The molecule has 1 aromatic heterocycles. The molecule has 0 saturated carbocycles. The lowest BCUT2D eigenvalue weighted by molar-refractivity contribution is -0.116. The van der Waals surface area contributed by atoms with E-state index >= 15 is 0 Å². The van der Waals surface area contributed by atoms with Gasteiger partial charge in [-0.15, -0.1) is 0 Å². The molecule has 0 fully saturated rings. The molecule has 1 amide bonds. The molecule has 1 rings (SSSR count). The average Bonchev–Trinajstić information content (AvgIpc) is 2.24. The smallest absolute Gasteiger partial charge is 0.237 e. The second kappa shape index (κ2) is 5.77. The molecule has 0 saturated heterocycles. The van der Waals surface area contributed by atoms with E-state index in [4.69, 9.17) is 23.7 Å². The van der Waals surface area contributed by atoms with Crippen LogP contribution in [0.5, 0.6) is 0 Å². The zero-order chi connectivity index (χ0) is 13.9. The number of rotatable bonds is 5. The minimum atomic E-state index is -0.399. The molecule has 1 heterocycles. The van der Waals surface area contributed by atoms with Crippen molar-refractivity contribution in [2.75, 3.05) is 11.4 Å². The van der Waals surface area contributed by atoms with E-state index in [1.54, 1.807) is 6.07 Å². The Hall–Kier alpha value is -1.69. The first-order valence-corrected chi connectivity index (χ1v) is 6.05. The van der Waals surface area contributed by atoms with Gasteiger partial charge >= 0.3 is 0 Å². The first-order valence-electron chi connectivity index (χ1n) is 5.64. The van der Waals surface area contributed by atoms with Gasteiger partial charge in [-0.2, -0.15) is 0 Å². The third-order valence-corrected chi connectivity index (χ3v) is 2.70. The summed E-state index contributed by atoms with van der Waals surface area (Å²) in [5.41, 5.74) is 12.4. The van der Waals surface area contributed by atoms with Crippen molar-refractivity contribution in [3.8, 4) is 0 Å². The number of nitrogens with zero attached hydrogens (tertiary/aromatic N) is 2. The average molecular weight is 266 g/mol. The van der Waals surface area contributed by atoms with E-state index in [0.29, 0.717) is 10.8 Å². The highest BCUT2D eigenvalue weighted by atomic mass is 32.1. The van der Waals surface area contributed by atoms with E-state index in [9.17, 15) is 4.79 Å². The molecule has 18 heavy (non-hydrogen) atoms. The molecule has 0 bridgehead atoms. The van der Waals surface area contributed by atoms with Gasteiger partial charge in [-0.3, -0.25) is 4.79 Å². The highest BCUT2D eigenvalue weighted by molar-refractivity contribution is 7.80. The van der Waals surface area contributed by atoms with Gasteiger partial charge in [0.1, 0.15) is 10.8 Å². The van der Waals surface area contributed by atoms with Crippen LogP contribution >= 0.6 is 12.2 Å². The SMILES string of the molecule is Cc1cc(C(N)=S)cc(N(CC(N)=O)C(C)C)n1. The number of primary amides is 1. The molecular formula is C12H18N4OS. The molecule has 0 aliphatic carbocycles. The second-order valence-electron chi connectivity index (χ2n) is 4.41. The fourth-order valence-corrected chi connectivity index (χ4v) is 1.75. The highest BCUT2D eigenvalue weighted by Gasteiger charge is 2.15. The number of hydrogen-bond acceptors (Lipinski definition) is 4. The van der Waals surface area contributed by atoms with E-state index in [0.717, 1.165) is 11.3 Å². The van der Waals surface area contributed by atoms with Gasteiger partial charge in [-0.25, -0.2) is 4.98 Å². The lowest BCUT2D eigenvalue weighted by atomic mass is 10.2. The molecule has 0 aliphatic rings. The Balaban J connectivity index is 3.19. The predicted molar refractivity (Wildman–Crippen MR) is 76.5 cm³/mol. The number of thiocarbonyl (C=S) groups is 1. The van der Waals surface area contributed by atoms with Crippen LogP contribution in [0.4, 0.5) is 5.82 Å². The number of amides is 1. The predicted octanol–water partition coefficient (Wildman–Crippen LogP) is 0.724. The minimum absolute atomic E-state index is 0.103. The maximum absolute atomic E-state index is 11.1. The Kier molecular flexibility index (Phi) is 4.61. The number of anilines is 1. The van der Waals surface area contributed by atoms with Crippen LogP contribution in [0, 0.1) is 6.92 Å². The third kappa shape index (κ3) is 3.66. The topological polar surface area (TPSA) is 85.2 Å². The minimum Gasteiger partial charge on any atom is -0.389 e. The summed E-state index contributed by atoms with van der Waals surface area (Å²) in [4.78, 5) is 17.6. The lowest BCUT2D eigenvalue weighted by Crippen LogP contribution is -2.39. The number of pyridine rings is 1. The molecular weight excluding hydrogens is 248 g/mol. The Morgan fingerprint density at radius 2 is 2.06 bits per heavy atom. The van der Waals surface area contributed by atoms with Gasteiger partial charge in [-0.05, 0) is 32.9 Å². The van der Waals surface area contributed by atoms with Crippen LogP contribution in [-0.2, 0) is 4.79 Å². The molecule has 0 radical (unpaired) electrons. The number of aromatic nitrogens is 1. The zero-order valence-electron chi connectivity index (χ0n) is 10.8. The van der Waals surface area contributed by atoms with Gasteiger partial charge < -0.3 is 16.4 Å². The number of carbonyl (C=O) groups excluding carboxylic acids is 1. The lowest BCUT2D eigenvalue weighted by Gasteiger charge is -2.27. The van der Waals surface area contributed by atoms with Crippen molar-refractivity contribution in [3.63, 3.8) is 0 Å². The molecule has 0 aromatic carbocycles. The van der Waals surface area contributed by atoms with Gasteiger partial charge in [0, 0.05) is 17.3 Å². The summed E-state index contributed by atoms with van der Waals surface area (Å²) >= 11 is 4.96. The van der Waals surface area contributed by atoms with Crippen molar-refractivity contribution >= 4 is 28.9 Å². The van der Waals surface area contributed by atoms with Gasteiger partial charge in [0.05, 0.1) is 6.54 Å². The Labute approximate surface area is 112 Å². The Morgan fingerprint density at radius 3 is 2.50 bits per heavy atom. The van der Waals surface area contributed by atoms with Crippen LogP contribution in [-0.4, -0.2) is 28.5 Å². The van der Waals surface area contributed by atoms with Crippen LogP contribution in [0.25, 0.3) is 0 Å². The van der Waals surface area contributed by atoms with Crippen molar-refractivity contribution in [1.29, 1.82) is 0 Å². The van der Waals surface area contributed by atoms with Crippen LogP contribution in [0.1, 0.15) is 25.1 Å². The van der Waals surface area contributed by atoms with Crippen LogP contribution < -0.4 is 16.4 Å². The summed E-state index contributed by atoms with van der Waals surface area (Å²) < 4.78 is 0. The quantitative estimate of drug-likeness (QED) is 0.767. The molecule has 0 unspecified atom stereocenters. The van der Waals surface area contributed by atoms with Crippen molar-refractivity contribution in [3.05, 3.63) is 23.4 Å². The summed E-state index contributed by atoms with van der Waals surface area (Å²) in [6.07, 6.45) is 0. The van der Waals surface area contributed by atoms with Gasteiger partial charge in [0.2, 0.25) is 5.91 Å². The van der Waals surface area contributed by atoms with Crippen molar-refractivity contribution in [2.24, 2.45) is 11.5 Å². The van der Waals surface area contributed by atoms with Gasteiger partial charge in [0.25, 0.3) is 0 Å². The summed E-state index contributed by atoms with van der Waals surface area (Å²) in [5.74, 6) is 0.260. The number of aryl methyl sites for hydroxylation is 1. The van der Waals surface area contributed by atoms with Crippen LogP contribution in [0.3, 0.4) is 0 Å². The first-order chi connectivity index (χ1) is 8.31. The van der Waals surface area contributed by atoms with Gasteiger partial charge in [0.15, 0.2) is 0 Å². The standard InChI is InChI=1S/C12H18N4OS/c1-7(2)16(6-10(13)17)11-5-9(12(14)18)4-8(3)15-11/h4-5,7H,6H2,1-3H3,(H2,13,17)(H2,14,18). The van der Waals surface area contributed by atoms with E-state index in [1.165, 1.54) is 0 Å². The molecule has 0 atom stereocenters. The Morgan fingerprint density at radius 1 is 1.44 bits per heavy atom. The maximum Gasteiger partial charge on any atom is 0.237 e. The summed E-state index contributed by atoms with van der Waals surface area (Å²) in [5, 5.41) is 0. The number of nitrogens with two attached hydrogens (primary N) is 2. The molecule has 0 aliphatic heterocycles. The molecule has 98 valence electrons. The first kappa shape index (κ1) is 14.4. The third-order valence-electron chi connectivity index (χ3n) is 2.47. The largest absolute Gasteiger partial charge is 0.389 e.